The number of hydrogen-bond acceptors (Lipinski definition) is 24. The van der Waals surface area contributed by atoms with E-state index in [-0.39, 0.29) is 109 Å². The number of piperidine rings is 6. The molecule has 0 aromatic heterocycles. The average Bonchev–Trinajstić information content (AvgIpc) is 0.644. The second-order valence-electron chi connectivity index (χ2n) is 37.3. The van der Waals surface area contributed by atoms with E-state index < -0.39 is 478 Å². The van der Waals surface area contributed by atoms with Crippen LogP contribution >= 0.6 is 0 Å². The summed E-state index contributed by atoms with van der Waals surface area (Å²) < 4.78 is 689. The van der Waals surface area contributed by atoms with Gasteiger partial charge in [0.1, 0.15) is 0 Å². The van der Waals surface area contributed by atoms with Gasteiger partial charge >= 0.3 is 0 Å². The van der Waals surface area contributed by atoms with Crippen molar-refractivity contribution in [2.24, 2.45) is 69.5 Å². The summed E-state index contributed by atoms with van der Waals surface area (Å²) >= 11 is 0. The fourth-order valence-electron chi connectivity index (χ4n) is 18.5. The predicted octanol–water partition coefficient (Wildman–Crippen LogP) is 19.3. The van der Waals surface area contributed by atoms with Gasteiger partial charge in [0, 0.05) is 180 Å². The molecule has 18 rings (SSSR count). The van der Waals surface area contributed by atoms with Crippen LogP contribution in [0.4, 0.5) is 0 Å². The van der Waals surface area contributed by atoms with Gasteiger partial charge in [0.15, 0.2) is 69.0 Å². The van der Waals surface area contributed by atoms with E-state index in [2.05, 4.69) is 0 Å². The van der Waals surface area contributed by atoms with Crippen LogP contribution in [0.15, 0.2) is 72.5 Å². The van der Waals surface area contributed by atoms with Crippen molar-refractivity contribution in [2.45, 2.75) is 291 Å². The number of methoxy groups -OCH3 is 12. The zero-order valence-corrected chi connectivity index (χ0v) is 82.0. The van der Waals surface area contributed by atoms with Crippen molar-refractivity contribution in [1.82, 2.24) is 29.4 Å². The molecule has 24 heteroatoms. The summed E-state index contributed by atoms with van der Waals surface area (Å²) in [5.41, 5.74) is -15.7. The molecular weight excluding hydrogens is 1780 g/mol. The molecule has 6 aromatic carbocycles. The topological polar surface area (TPSA) is 252 Å². The largest absolute Gasteiger partial charge is 0.493 e. The van der Waals surface area contributed by atoms with Crippen molar-refractivity contribution < 1.29 is 190 Å². The molecule has 0 radical (unpaired) electrons. The fourth-order valence-corrected chi connectivity index (χ4v) is 18.5. The van der Waals surface area contributed by atoms with E-state index in [1.165, 1.54) is 14.2 Å². The molecule has 12 heterocycles. The Balaban J connectivity index is 0.000000207. The Labute approximate surface area is 951 Å². The smallest absolute Gasteiger partial charge is 0.161 e. The molecule has 0 saturated carbocycles. The summed E-state index contributed by atoms with van der Waals surface area (Å²) in [5, 5.41) is 66.1. The minimum absolute atomic E-state index is 0.0318. The van der Waals surface area contributed by atoms with Crippen LogP contribution in [0.1, 0.15) is 386 Å². The number of aliphatic hydroxyl groups is 6. The van der Waals surface area contributed by atoms with Crippen LogP contribution in [-0.4, -0.2) is 260 Å². The van der Waals surface area contributed by atoms with Crippen molar-refractivity contribution >= 4 is 0 Å². The Bertz CT molecular complexity index is 8420. The standard InChI is InChI=1S/3C20H31NO3.3C19H29NO3/c3*1-20(2,3)11-14-12-21-7-6-13-8-18(23-4)19(24-5)9-15(13)16(21)10-17(14)22;3*1-12(2)7-14-11-20-6-5-13-8-18(22-3)19(23-4)9-15(13)16(20)10-17(14)21/h3*8-9,14,16-17,22H,6-7,10-12H2,1-5H3;3*8-9,12,14,16-17,21H,5-7,10-11H2,1-4H3/i1D3,2D3,5D3,6D2,7D2,8D,9D,11D2,16D;2*1D3,2D3,6D2,7D2,8D,9D,11D2,16D;2*4D3,5D2,6D2,8D,9D,16D;5D2,6D2,8D,9D,16D. The van der Waals surface area contributed by atoms with Crippen LogP contribution < -0.4 is 56.8 Å². The predicted molar refractivity (Wildman–Crippen MR) is 561 cm³/mol. The van der Waals surface area contributed by atoms with Crippen molar-refractivity contribution in [3.8, 4) is 69.0 Å². The second kappa shape index (κ2) is 48.4. The third-order valence-electron chi connectivity index (χ3n) is 24.9. The molecule has 6 fully saturated rings. The Morgan fingerprint density at radius 1 is 0.284 bits per heavy atom. The number of hydrogen-bond donors (Lipinski definition) is 6. The molecule has 0 spiro atoms. The SMILES string of the molecule is [2H]c1c(OC([2H])([2H])[2H])c(OC)c([2H])c2c1C1([2H])CC(O)C(C([2H])([2H])C(C)(C([2H])([2H])[2H])C([2H])([2H])[2H])CN1C([2H])([2H])C2([2H])[2H].[2H]c1c(OC([2H])([2H])[2H])c(OC)c([2H])c2c1C1([2H])CC(O)C(CC(C)C)CN1C([2H])([2H])C2([2H])[2H].[2H]c1c(OC([2H])([2H])[2H])c(OC)c([2H])c2c1C1([2H])CC(O)C(CC(C)C)CN1C([2H])([2H])C2([2H])[2H].[2H]c1c(OC)c(OC)c([2H])c2c1C1([2H])CC(O)C(C([2H])([2H])C(C)(C([2H])([2H])[2H])C([2H])([2H])[2H])CN1C([2H])([2H])C2([2H])[2H].[2H]c1c(OC)c(OC)c([2H])c2c1C1([2H])CC(O)C(C([2H])([2H])C(C)(C([2H])([2H])[2H])C([2H])([2H])[2H])CN1C([2H])([2H])C2([2H])[2H].[2H]c1c(OC)c(OC)c([2H])c2c1C1([2H])CC(O)C(CC(C)C)CN1C([2H])([2H])C2([2H])[2H]. The van der Waals surface area contributed by atoms with Crippen LogP contribution in [0.2, 0.25) is 0 Å². The van der Waals surface area contributed by atoms with Gasteiger partial charge in [0.05, 0.1) is 159 Å². The van der Waals surface area contributed by atoms with Gasteiger partial charge in [-0.1, -0.05) is 103 Å². The molecule has 12 aliphatic heterocycles. The van der Waals surface area contributed by atoms with Crippen molar-refractivity contribution in [3.05, 3.63) is 139 Å². The minimum Gasteiger partial charge on any atom is -0.493 e. The molecule has 0 amide bonds. The van der Waals surface area contributed by atoms with Gasteiger partial charge in [-0.2, -0.15) is 0 Å². The number of ether oxygens (including phenoxy) is 12. The summed E-state index contributed by atoms with van der Waals surface area (Å²) in [4.78, 5) is 4.68. The lowest BCUT2D eigenvalue weighted by molar-refractivity contribution is -0.0259. The van der Waals surface area contributed by atoms with E-state index in [1.54, 1.807) is 0 Å². The van der Waals surface area contributed by atoms with Gasteiger partial charge in [-0.05, 0) is 324 Å². The summed E-state index contributed by atoms with van der Waals surface area (Å²) in [6, 6.07) is -21.7. The van der Waals surface area contributed by atoms with Gasteiger partial charge < -0.3 is 87.5 Å². The van der Waals surface area contributed by atoms with E-state index in [4.69, 9.17) is 151 Å². The number of rotatable bonds is 21. The number of nitrogens with zero attached hydrogens (tertiary/aromatic N) is 6. The highest BCUT2D eigenvalue weighted by atomic mass is 16.5. The highest BCUT2D eigenvalue weighted by Gasteiger charge is 2.47. The van der Waals surface area contributed by atoms with Gasteiger partial charge in [0.2, 0.25) is 0 Å². The van der Waals surface area contributed by atoms with Gasteiger partial charge in [-0.15, -0.1) is 0 Å². The summed E-state index contributed by atoms with van der Waals surface area (Å²) in [5.74, 6) is -12.1. The van der Waals surface area contributed by atoms with E-state index in [0.29, 0.717) is 54.7 Å². The first kappa shape index (κ1) is 48.2. The number of fused-ring (bicyclic) bond motifs is 18. The van der Waals surface area contributed by atoms with E-state index >= 15 is 0 Å². The maximum absolute atomic E-state index is 11.2. The molecule has 6 aromatic rings. The normalized spacial score (nSPS) is 43.7. The average molecular weight is 2030 g/mol. The lowest BCUT2D eigenvalue weighted by Gasteiger charge is -2.47. The van der Waals surface area contributed by atoms with Crippen LogP contribution in [0.25, 0.3) is 0 Å². The number of aliphatic hydroxyl groups excluding tert-OH is 6. The molecule has 6 saturated heterocycles. The molecule has 18 atom stereocenters. The summed E-state index contributed by atoms with van der Waals surface area (Å²) in [6.07, 6.45) is -38.5. The molecule has 6 N–H and O–H groups in total. The Morgan fingerprint density at radius 3 is 0.596 bits per heavy atom. The maximum atomic E-state index is 11.2. The molecule has 0 aliphatic carbocycles. The zero-order valence-electron chi connectivity index (χ0n) is 157. The third-order valence-corrected chi connectivity index (χ3v) is 24.9. The summed E-state index contributed by atoms with van der Waals surface area (Å²) in [6.45, 7) is -28.0. The van der Waals surface area contributed by atoms with Crippen LogP contribution in [0.3, 0.4) is 0 Å². The van der Waals surface area contributed by atoms with Crippen LogP contribution in [-0.2, 0) is 38.2 Å². The van der Waals surface area contributed by atoms with Crippen LogP contribution in [0.5, 0.6) is 69.0 Å². The molecule has 24 nitrogen and oxygen atoms in total. The molecule has 786 valence electrons. The maximum Gasteiger partial charge on any atom is 0.161 e. The minimum atomic E-state index is -3.47. The lowest BCUT2D eigenvalue weighted by atomic mass is 9.75. The first-order valence-corrected chi connectivity index (χ1v) is 45.9. The first-order chi connectivity index (χ1) is 96.6. The van der Waals surface area contributed by atoms with Gasteiger partial charge in [-0.25, -0.2) is 0 Å². The quantitative estimate of drug-likeness (QED) is 0.0392. The zero-order chi connectivity index (χ0) is 168. The van der Waals surface area contributed by atoms with Crippen molar-refractivity contribution in [1.29, 1.82) is 0 Å². The highest BCUT2D eigenvalue weighted by molar-refractivity contribution is 5.55. The molecule has 12 aliphatic rings. The first-order valence-electron chi connectivity index (χ1n) is 83.4. The fraction of sp³-hybridized carbons (Fsp3) is 0.692. The molecule has 18 unspecified atom stereocenters. The van der Waals surface area contributed by atoms with E-state index in [0.717, 1.165) is 64.5 Å². The molecule has 141 heavy (non-hydrogen) atoms. The Hall–Kier alpha value is -7.56. The highest BCUT2D eigenvalue weighted by Crippen LogP contribution is 2.53. The second-order valence-corrected chi connectivity index (χ2v) is 37.3. The monoisotopic (exact) mass is 2030 g/mol. The number of benzene rings is 6. The Morgan fingerprint density at radius 2 is 0.440 bits per heavy atom. The Kier molecular flexibility index (Phi) is 16.5. The third kappa shape index (κ3) is 26.9. The molecular formula is C117H180N6O18. The van der Waals surface area contributed by atoms with Crippen LogP contribution in [0, 0.1) is 69.5 Å². The van der Waals surface area contributed by atoms with Crippen molar-refractivity contribution in [2.75, 3.05) is 163 Å². The van der Waals surface area contributed by atoms with E-state index in [9.17, 15) is 38.9 Å². The van der Waals surface area contributed by atoms with E-state index in [1.807, 2.05) is 41.5 Å². The van der Waals surface area contributed by atoms with Gasteiger partial charge in [0.25, 0.3) is 0 Å². The summed E-state index contributed by atoms with van der Waals surface area (Å²) in [7, 11) is 1.07. The molecule has 0 bridgehead atoms. The lowest BCUT2D eigenvalue weighted by Crippen LogP contribution is -2.48. The van der Waals surface area contributed by atoms with Gasteiger partial charge in [-0.3, -0.25) is 29.4 Å². The van der Waals surface area contributed by atoms with Crippen molar-refractivity contribution in [3.63, 3.8) is 0 Å².